The molecule has 1 unspecified atom stereocenters. The smallest absolute Gasteiger partial charge is 0.164 e. The fourth-order valence-electron chi connectivity index (χ4n) is 1.74. The van der Waals surface area contributed by atoms with E-state index in [4.69, 9.17) is 9.47 Å². The van der Waals surface area contributed by atoms with E-state index < -0.39 is 0 Å². The third-order valence-electron chi connectivity index (χ3n) is 2.58. The lowest BCUT2D eigenvalue weighted by molar-refractivity contribution is 0.233. The second kappa shape index (κ2) is 3.88. The molecule has 76 valence electrons. The van der Waals surface area contributed by atoms with Gasteiger partial charge in [-0.1, -0.05) is 12.1 Å². The number of nitrogens with one attached hydrogen (secondary N) is 1. The highest BCUT2D eigenvalue weighted by Crippen LogP contribution is 2.34. The lowest BCUT2D eigenvalue weighted by Crippen LogP contribution is -2.36. The van der Waals surface area contributed by atoms with Crippen molar-refractivity contribution < 1.29 is 9.47 Å². The molecular formula is C11H15NO2. The summed E-state index contributed by atoms with van der Waals surface area (Å²) in [4.78, 5) is 0. The van der Waals surface area contributed by atoms with Crippen LogP contribution in [0.15, 0.2) is 18.2 Å². The fraction of sp³-hybridized carbons (Fsp3) is 0.455. The lowest BCUT2D eigenvalue weighted by atomic mass is 10.0. The SMILES string of the molecule is CNC1COc2c(cccc2OC)C1. The van der Waals surface area contributed by atoms with E-state index in [1.807, 2.05) is 19.2 Å². The molecule has 1 aromatic carbocycles. The van der Waals surface area contributed by atoms with Gasteiger partial charge in [-0.2, -0.15) is 0 Å². The lowest BCUT2D eigenvalue weighted by Gasteiger charge is -2.26. The normalized spacial score (nSPS) is 19.7. The van der Waals surface area contributed by atoms with Crippen LogP contribution in [0.1, 0.15) is 5.56 Å². The topological polar surface area (TPSA) is 30.5 Å². The molecule has 14 heavy (non-hydrogen) atoms. The van der Waals surface area contributed by atoms with Gasteiger partial charge in [-0.15, -0.1) is 0 Å². The molecule has 0 aromatic heterocycles. The molecule has 1 aliphatic heterocycles. The van der Waals surface area contributed by atoms with Crippen LogP contribution in [0.4, 0.5) is 0 Å². The molecule has 1 aliphatic rings. The van der Waals surface area contributed by atoms with Crippen LogP contribution in [0.25, 0.3) is 0 Å². The highest BCUT2D eigenvalue weighted by atomic mass is 16.5. The second-order valence-electron chi connectivity index (χ2n) is 3.45. The monoisotopic (exact) mass is 193 g/mol. The van der Waals surface area contributed by atoms with E-state index in [1.54, 1.807) is 7.11 Å². The Morgan fingerprint density at radius 3 is 3.07 bits per heavy atom. The molecule has 0 amide bonds. The molecule has 1 N–H and O–H groups in total. The van der Waals surface area contributed by atoms with Crippen molar-refractivity contribution in [1.29, 1.82) is 0 Å². The molecule has 0 bridgehead atoms. The van der Waals surface area contributed by atoms with Gasteiger partial charge in [-0.25, -0.2) is 0 Å². The first kappa shape index (κ1) is 9.34. The largest absolute Gasteiger partial charge is 0.493 e. The zero-order chi connectivity index (χ0) is 9.97. The molecule has 0 aliphatic carbocycles. The summed E-state index contributed by atoms with van der Waals surface area (Å²) in [5.74, 6) is 1.73. The van der Waals surface area contributed by atoms with Gasteiger partial charge in [0.2, 0.25) is 0 Å². The number of benzene rings is 1. The van der Waals surface area contributed by atoms with Crippen LogP contribution in [-0.4, -0.2) is 26.8 Å². The minimum Gasteiger partial charge on any atom is -0.493 e. The minimum atomic E-state index is 0.412. The Morgan fingerprint density at radius 2 is 2.36 bits per heavy atom. The molecule has 0 spiro atoms. The third-order valence-corrected chi connectivity index (χ3v) is 2.58. The van der Waals surface area contributed by atoms with E-state index >= 15 is 0 Å². The third kappa shape index (κ3) is 1.55. The molecule has 2 rings (SSSR count). The minimum absolute atomic E-state index is 0.412. The number of hydrogen-bond acceptors (Lipinski definition) is 3. The van der Waals surface area contributed by atoms with Gasteiger partial charge in [0, 0.05) is 6.04 Å². The number of rotatable bonds is 2. The summed E-state index contributed by atoms with van der Waals surface area (Å²) in [5.41, 5.74) is 1.22. The number of hydrogen-bond donors (Lipinski definition) is 1. The Bertz CT molecular complexity index is 325. The second-order valence-corrected chi connectivity index (χ2v) is 3.45. The van der Waals surface area contributed by atoms with Crippen LogP contribution in [-0.2, 0) is 6.42 Å². The van der Waals surface area contributed by atoms with E-state index in [1.165, 1.54) is 5.56 Å². The Balaban J connectivity index is 2.30. The van der Waals surface area contributed by atoms with Crippen LogP contribution in [0.2, 0.25) is 0 Å². The van der Waals surface area contributed by atoms with Crippen molar-refractivity contribution in [2.45, 2.75) is 12.5 Å². The van der Waals surface area contributed by atoms with Crippen molar-refractivity contribution >= 4 is 0 Å². The van der Waals surface area contributed by atoms with E-state index in [2.05, 4.69) is 11.4 Å². The summed E-state index contributed by atoms with van der Waals surface area (Å²) in [5, 5.41) is 3.22. The zero-order valence-electron chi connectivity index (χ0n) is 8.54. The van der Waals surface area contributed by atoms with Crippen LogP contribution in [0, 0.1) is 0 Å². The highest BCUT2D eigenvalue weighted by molar-refractivity contribution is 5.48. The molecule has 3 heteroatoms. The number of likely N-dealkylation sites (N-methyl/N-ethyl adjacent to an activating group) is 1. The van der Waals surface area contributed by atoms with Gasteiger partial charge in [-0.05, 0) is 25.1 Å². The van der Waals surface area contributed by atoms with Crippen molar-refractivity contribution in [3.63, 3.8) is 0 Å². The predicted molar refractivity (Wildman–Crippen MR) is 55.0 cm³/mol. The van der Waals surface area contributed by atoms with Crippen LogP contribution in [0.5, 0.6) is 11.5 Å². The van der Waals surface area contributed by atoms with E-state index in [0.717, 1.165) is 17.9 Å². The van der Waals surface area contributed by atoms with Gasteiger partial charge < -0.3 is 14.8 Å². The molecule has 1 heterocycles. The molecule has 0 radical (unpaired) electrons. The first-order chi connectivity index (χ1) is 6.85. The maximum atomic E-state index is 5.66. The molecule has 1 aromatic rings. The van der Waals surface area contributed by atoms with E-state index in [-0.39, 0.29) is 0 Å². The Morgan fingerprint density at radius 1 is 1.50 bits per heavy atom. The Kier molecular flexibility index (Phi) is 2.59. The summed E-state index contributed by atoms with van der Waals surface area (Å²) in [6.07, 6.45) is 1.00. The van der Waals surface area contributed by atoms with Crippen molar-refractivity contribution in [3.05, 3.63) is 23.8 Å². The van der Waals surface area contributed by atoms with Crippen molar-refractivity contribution in [2.24, 2.45) is 0 Å². The number of ether oxygens (including phenoxy) is 2. The van der Waals surface area contributed by atoms with Crippen molar-refractivity contribution in [2.75, 3.05) is 20.8 Å². The molecule has 3 nitrogen and oxygen atoms in total. The maximum Gasteiger partial charge on any atom is 0.164 e. The molecule has 0 saturated carbocycles. The molecule has 1 atom stereocenters. The predicted octanol–water partition coefficient (Wildman–Crippen LogP) is 1.22. The standard InChI is InChI=1S/C11H15NO2/c1-12-9-6-8-4-3-5-10(13-2)11(8)14-7-9/h3-5,9,12H,6-7H2,1-2H3. The van der Waals surface area contributed by atoms with Gasteiger partial charge in [-0.3, -0.25) is 0 Å². The Hall–Kier alpha value is -1.22. The van der Waals surface area contributed by atoms with Crippen molar-refractivity contribution in [1.82, 2.24) is 5.32 Å². The summed E-state index contributed by atoms with van der Waals surface area (Å²) in [6.45, 7) is 0.712. The van der Waals surface area contributed by atoms with Gasteiger partial charge in [0.25, 0.3) is 0 Å². The molecular weight excluding hydrogens is 178 g/mol. The van der Waals surface area contributed by atoms with Crippen molar-refractivity contribution in [3.8, 4) is 11.5 Å². The quantitative estimate of drug-likeness (QED) is 0.766. The maximum absolute atomic E-state index is 5.66. The van der Waals surface area contributed by atoms with Gasteiger partial charge >= 0.3 is 0 Å². The zero-order valence-corrected chi connectivity index (χ0v) is 8.54. The number of fused-ring (bicyclic) bond motifs is 1. The summed E-state index contributed by atoms with van der Waals surface area (Å²) >= 11 is 0. The molecule has 0 saturated heterocycles. The fourth-order valence-corrected chi connectivity index (χ4v) is 1.74. The highest BCUT2D eigenvalue weighted by Gasteiger charge is 2.20. The summed E-state index contributed by atoms with van der Waals surface area (Å²) in [7, 11) is 3.63. The summed E-state index contributed by atoms with van der Waals surface area (Å²) < 4.78 is 10.9. The number of methoxy groups -OCH3 is 1. The summed E-state index contributed by atoms with van der Waals surface area (Å²) in [6, 6.07) is 6.42. The van der Waals surface area contributed by atoms with Crippen LogP contribution in [0.3, 0.4) is 0 Å². The number of para-hydroxylation sites is 1. The average Bonchev–Trinajstić information content (AvgIpc) is 2.27. The van der Waals surface area contributed by atoms with Gasteiger partial charge in [0.15, 0.2) is 11.5 Å². The van der Waals surface area contributed by atoms with Gasteiger partial charge in [0.1, 0.15) is 6.61 Å². The van der Waals surface area contributed by atoms with Gasteiger partial charge in [0.05, 0.1) is 7.11 Å². The average molecular weight is 193 g/mol. The first-order valence-electron chi connectivity index (χ1n) is 4.81. The van der Waals surface area contributed by atoms with Crippen LogP contribution >= 0.6 is 0 Å². The van der Waals surface area contributed by atoms with E-state index in [9.17, 15) is 0 Å². The van der Waals surface area contributed by atoms with E-state index in [0.29, 0.717) is 12.6 Å². The first-order valence-corrected chi connectivity index (χ1v) is 4.81. The van der Waals surface area contributed by atoms with Crippen LogP contribution < -0.4 is 14.8 Å². The Labute approximate surface area is 84.0 Å². The molecule has 0 fully saturated rings.